The molecule has 2 saturated heterocycles. The number of carbonyl (C=O) groups excluding carboxylic acids is 4. The maximum absolute atomic E-state index is 13.2. The van der Waals surface area contributed by atoms with Gasteiger partial charge in [-0.15, -0.1) is 0 Å². The smallest absolute Gasteiger partial charge is 0.262 e. The van der Waals surface area contributed by atoms with Crippen LogP contribution in [-0.4, -0.2) is 71.8 Å². The van der Waals surface area contributed by atoms with E-state index in [-0.39, 0.29) is 24.9 Å². The number of nitrogens with two attached hydrogens (primary N) is 1. The predicted octanol–water partition coefficient (Wildman–Crippen LogP) is -0.363. The first-order valence-electron chi connectivity index (χ1n) is 9.87. The van der Waals surface area contributed by atoms with E-state index in [0.717, 1.165) is 23.4 Å². The van der Waals surface area contributed by atoms with Crippen LogP contribution in [0.2, 0.25) is 0 Å². The van der Waals surface area contributed by atoms with Gasteiger partial charge in [0.05, 0.1) is 17.2 Å². The molecule has 154 valence electrons. The Labute approximate surface area is 168 Å². The molecule has 9 nitrogen and oxygen atoms in total. The van der Waals surface area contributed by atoms with E-state index in [4.69, 9.17) is 10.5 Å². The highest BCUT2D eigenvalue weighted by Gasteiger charge is 2.45. The molecular formula is C20H24N4O5. The molecule has 3 heterocycles. The monoisotopic (exact) mass is 400 g/mol. The third-order valence-corrected chi connectivity index (χ3v) is 5.65. The minimum absolute atomic E-state index is 0.0634. The van der Waals surface area contributed by atoms with Crippen LogP contribution >= 0.6 is 0 Å². The van der Waals surface area contributed by atoms with Crippen molar-refractivity contribution in [3.8, 4) is 0 Å². The van der Waals surface area contributed by atoms with E-state index in [1.54, 1.807) is 12.1 Å². The third-order valence-electron chi connectivity index (χ3n) is 5.65. The average Bonchev–Trinajstić information content (AvgIpc) is 2.85. The summed E-state index contributed by atoms with van der Waals surface area (Å²) >= 11 is 0. The highest BCUT2D eigenvalue weighted by molar-refractivity contribution is 6.24. The van der Waals surface area contributed by atoms with Gasteiger partial charge in [-0.25, -0.2) is 0 Å². The molecule has 0 bridgehead atoms. The van der Waals surface area contributed by atoms with Crippen LogP contribution in [0.4, 0.5) is 0 Å². The number of piperidine rings is 1. The number of carbonyl (C=O) groups is 4. The molecule has 0 aromatic heterocycles. The van der Waals surface area contributed by atoms with Crippen LogP contribution in [-0.2, 0) is 20.9 Å². The van der Waals surface area contributed by atoms with Crippen LogP contribution < -0.4 is 11.1 Å². The summed E-state index contributed by atoms with van der Waals surface area (Å²) in [6.45, 7) is 3.01. The summed E-state index contributed by atoms with van der Waals surface area (Å²) in [7, 11) is 0. The number of nitrogens with zero attached hydrogens (tertiary/aromatic N) is 2. The van der Waals surface area contributed by atoms with Gasteiger partial charge in [0.1, 0.15) is 6.04 Å². The molecule has 2 atom stereocenters. The molecule has 0 spiro atoms. The van der Waals surface area contributed by atoms with Gasteiger partial charge in [-0.3, -0.25) is 34.3 Å². The number of rotatable bonds is 4. The van der Waals surface area contributed by atoms with Gasteiger partial charge < -0.3 is 10.5 Å². The summed E-state index contributed by atoms with van der Waals surface area (Å²) in [4.78, 5) is 52.9. The second kappa shape index (κ2) is 8.02. The number of hydrogen-bond acceptors (Lipinski definition) is 7. The largest absolute Gasteiger partial charge is 0.376 e. The Kier molecular flexibility index (Phi) is 5.44. The Morgan fingerprint density at radius 2 is 2.00 bits per heavy atom. The zero-order chi connectivity index (χ0) is 20.5. The molecule has 4 rings (SSSR count). The van der Waals surface area contributed by atoms with Gasteiger partial charge in [-0.05, 0) is 24.5 Å². The van der Waals surface area contributed by atoms with Gasteiger partial charge in [-0.1, -0.05) is 12.1 Å². The van der Waals surface area contributed by atoms with Crippen LogP contribution in [0.15, 0.2) is 18.2 Å². The number of ether oxygens (including phenoxy) is 1. The van der Waals surface area contributed by atoms with Crippen molar-refractivity contribution in [2.75, 3.05) is 26.2 Å². The standard InChI is InChI=1S/C20H24N4O5/c21-9-13-11-23(7-2-8-29-13)10-12-3-1-4-14-17(12)20(28)24(19(14)27)15-5-6-16(25)22-18(15)26/h1,3-4,13,15H,2,5-11,21H2,(H,22,25,26). The zero-order valence-corrected chi connectivity index (χ0v) is 16.1. The van der Waals surface area contributed by atoms with Crippen molar-refractivity contribution in [3.63, 3.8) is 0 Å². The molecule has 29 heavy (non-hydrogen) atoms. The van der Waals surface area contributed by atoms with E-state index in [9.17, 15) is 19.2 Å². The molecule has 0 radical (unpaired) electrons. The van der Waals surface area contributed by atoms with E-state index >= 15 is 0 Å². The van der Waals surface area contributed by atoms with Crippen molar-refractivity contribution >= 4 is 23.6 Å². The lowest BCUT2D eigenvalue weighted by Gasteiger charge is -2.28. The topological polar surface area (TPSA) is 122 Å². The number of imide groups is 2. The van der Waals surface area contributed by atoms with Gasteiger partial charge in [0.2, 0.25) is 11.8 Å². The quantitative estimate of drug-likeness (QED) is 0.662. The SMILES string of the molecule is NCC1CN(Cc2cccc3c2C(=O)N(C2CCC(=O)NC2=O)C3=O)CCCO1. The van der Waals surface area contributed by atoms with Crippen LogP contribution in [0.5, 0.6) is 0 Å². The van der Waals surface area contributed by atoms with Crippen molar-refractivity contribution in [3.05, 3.63) is 34.9 Å². The minimum atomic E-state index is -0.957. The van der Waals surface area contributed by atoms with E-state index in [1.807, 2.05) is 6.07 Å². The minimum Gasteiger partial charge on any atom is -0.376 e. The lowest BCUT2D eigenvalue weighted by atomic mass is 10.0. The Balaban J connectivity index is 1.59. The Hall–Kier alpha value is -2.62. The lowest BCUT2D eigenvalue weighted by molar-refractivity contribution is -0.136. The second-order valence-electron chi connectivity index (χ2n) is 7.60. The summed E-state index contributed by atoms with van der Waals surface area (Å²) in [6.07, 6.45) is 1.05. The van der Waals surface area contributed by atoms with Crippen LogP contribution in [0.1, 0.15) is 45.5 Å². The number of hydrogen-bond donors (Lipinski definition) is 2. The molecule has 1 aromatic rings. The van der Waals surface area contributed by atoms with Gasteiger partial charge >= 0.3 is 0 Å². The molecule has 3 aliphatic heterocycles. The van der Waals surface area contributed by atoms with Crippen molar-refractivity contribution < 1.29 is 23.9 Å². The number of benzene rings is 1. The molecule has 1 aromatic carbocycles. The van der Waals surface area contributed by atoms with Crippen molar-refractivity contribution in [1.29, 1.82) is 0 Å². The fourth-order valence-corrected chi connectivity index (χ4v) is 4.21. The lowest BCUT2D eigenvalue weighted by Crippen LogP contribution is -2.54. The highest BCUT2D eigenvalue weighted by atomic mass is 16.5. The zero-order valence-electron chi connectivity index (χ0n) is 16.1. The summed E-state index contributed by atoms with van der Waals surface area (Å²) in [5, 5.41) is 2.21. The molecule has 0 saturated carbocycles. The third kappa shape index (κ3) is 3.68. The highest BCUT2D eigenvalue weighted by Crippen LogP contribution is 2.30. The second-order valence-corrected chi connectivity index (χ2v) is 7.60. The van der Waals surface area contributed by atoms with Gasteiger partial charge in [-0.2, -0.15) is 0 Å². The van der Waals surface area contributed by atoms with Crippen molar-refractivity contribution in [2.24, 2.45) is 5.73 Å². The van der Waals surface area contributed by atoms with Crippen LogP contribution in [0.3, 0.4) is 0 Å². The van der Waals surface area contributed by atoms with E-state index < -0.39 is 23.8 Å². The molecule has 2 fully saturated rings. The summed E-state index contributed by atoms with van der Waals surface area (Å²) in [6, 6.07) is 4.24. The molecule has 9 heteroatoms. The van der Waals surface area contributed by atoms with Crippen molar-refractivity contribution in [1.82, 2.24) is 15.1 Å². The van der Waals surface area contributed by atoms with E-state index in [2.05, 4.69) is 10.2 Å². The molecule has 3 aliphatic rings. The Morgan fingerprint density at radius 3 is 2.76 bits per heavy atom. The molecule has 0 aliphatic carbocycles. The van der Waals surface area contributed by atoms with Gasteiger partial charge in [0.25, 0.3) is 11.8 Å². The van der Waals surface area contributed by atoms with Crippen molar-refractivity contribution in [2.45, 2.75) is 38.0 Å². The predicted molar refractivity (Wildman–Crippen MR) is 102 cm³/mol. The van der Waals surface area contributed by atoms with E-state index in [0.29, 0.717) is 37.4 Å². The fraction of sp³-hybridized carbons (Fsp3) is 0.500. The summed E-state index contributed by atoms with van der Waals surface area (Å²) in [5.74, 6) is -1.95. The molecule has 2 unspecified atom stereocenters. The Morgan fingerprint density at radius 1 is 1.17 bits per heavy atom. The number of amides is 4. The van der Waals surface area contributed by atoms with Gasteiger partial charge in [0, 0.05) is 39.2 Å². The van der Waals surface area contributed by atoms with Crippen LogP contribution in [0.25, 0.3) is 0 Å². The first-order valence-corrected chi connectivity index (χ1v) is 9.87. The normalized spacial score (nSPS) is 25.8. The van der Waals surface area contributed by atoms with Crippen LogP contribution in [0, 0.1) is 0 Å². The van der Waals surface area contributed by atoms with E-state index in [1.165, 1.54) is 0 Å². The number of nitrogens with one attached hydrogen (secondary N) is 1. The molecule has 4 amide bonds. The first kappa shape index (κ1) is 19.7. The molecular weight excluding hydrogens is 376 g/mol. The summed E-state index contributed by atoms with van der Waals surface area (Å²) < 4.78 is 5.70. The molecule has 3 N–H and O–H groups in total. The average molecular weight is 400 g/mol. The maximum atomic E-state index is 13.2. The number of fused-ring (bicyclic) bond motifs is 1. The summed E-state index contributed by atoms with van der Waals surface area (Å²) in [5.41, 5.74) is 7.16. The van der Waals surface area contributed by atoms with Gasteiger partial charge in [0.15, 0.2) is 0 Å². The Bertz CT molecular complexity index is 870. The fourth-order valence-electron chi connectivity index (χ4n) is 4.21. The maximum Gasteiger partial charge on any atom is 0.262 e. The first-order chi connectivity index (χ1) is 14.0.